The number of esters is 2. The number of ether oxygens (including phenoxy) is 2. The summed E-state index contributed by atoms with van der Waals surface area (Å²) in [5, 5.41) is 4.96. The molecular formula is C21H36ClN5O6. The molecule has 1 heterocycles. The number of hydrogen-bond donors (Lipinski definition) is 4. The van der Waals surface area contributed by atoms with Crippen LogP contribution in [-0.4, -0.2) is 64.1 Å². The number of aromatic nitrogens is 2. The minimum atomic E-state index is -0.928. The first-order valence-electron chi connectivity index (χ1n) is 10.5. The Hall–Kier alpha value is -2.66. The van der Waals surface area contributed by atoms with Gasteiger partial charge in [0.2, 0.25) is 0 Å². The van der Waals surface area contributed by atoms with Crippen molar-refractivity contribution in [2.75, 3.05) is 13.1 Å². The molecule has 12 heteroatoms. The maximum atomic E-state index is 12.8. The lowest BCUT2D eigenvalue weighted by Gasteiger charge is -2.24. The highest BCUT2D eigenvalue weighted by molar-refractivity contribution is 6.06. The zero-order chi connectivity index (χ0) is 24.5. The molecule has 1 atom stereocenters. The lowest BCUT2D eigenvalue weighted by molar-refractivity contribution is -0.157. The molecule has 0 bridgehead atoms. The lowest BCUT2D eigenvalue weighted by Crippen LogP contribution is -2.45. The van der Waals surface area contributed by atoms with E-state index < -0.39 is 41.0 Å². The van der Waals surface area contributed by atoms with Crippen LogP contribution < -0.4 is 16.4 Å². The zero-order valence-corrected chi connectivity index (χ0v) is 20.9. The van der Waals surface area contributed by atoms with Gasteiger partial charge in [-0.3, -0.25) is 14.4 Å². The van der Waals surface area contributed by atoms with E-state index >= 15 is 0 Å². The van der Waals surface area contributed by atoms with Crippen molar-refractivity contribution in [1.82, 2.24) is 20.6 Å². The number of halogens is 1. The fraction of sp³-hybridized carbons (Fsp3) is 0.667. The number of nitrogens with zero attached hydrogens (tertiary/aromatic N) is 1. The monoisotopic (exact) mass is 489 g/mol. The predicted octanol–water partition coefficient (Wildman–Crippen LogP) is 1.47. The molecule has 188 valence electrons. The van der Waals surface area contributed by atoms with Crippen LogP contribution in [0.3, 0.4) is 0 Å². The van der Waals surface area contributed by atoms with E-state index in [1.807, 2.05) is 0 Å². The number of amides is 2. The van der Waals surface area contributed by atoms with Crippen molar-refractivity contribution < 1.29 is 28.7 Å². The zero-order valence-electron chi connectivity index (χ0n) is 20.1. The molecule has 1 aromatic heterocycles. The van der Waals surface area contributed by atoms with Crippen molar-refractivity contribution in [3.05, 3.63) is 17.7 Å². The molecule has 0 aromatic carbocycles. The molecule has 11 nitrogen and oxygen atoms in total. The Balaban J connectivity index is 0.0000102. The second-order valence-electron chi connectivity index (χ2n) is 9.24. The average molecular weight is 490 g/mol. The number of H-pyrrole nitrogens is 1. The van der Waals surface area contributed by atoms with Crippen LogP contribution in [0.15, 0.2) is 6.33 Å². The molecule has 0 spiro atoms. The van der Waals surface area contributed by atoms with Crippen LogP contribution in [0.5, 0.6) is 0 Å². The second kappa shape index (κ2) is 13.1. The Bertz CT molecular complexity index is 813. The Morgan fingerprint density at radius 1 is 1.03 bits per heavy atom. The molecule has 0 saturated heterocycles. The smallest absolute Gasteiger partial charge is 0.329 e. The lowest BCUT2D eigenvalue weighted by atomic mass is 10.1. The third-order valence-electron chi connectivity index (χ3n) is 3.84. The van der Waals surface area contributed by atoms with Crippen molar-refractivity contribution in [1.29, 1.82) is 0 Å². The maximum Gasteiger partial charge on any atom is 0.329 e. The number of aromatic amines is 1. The van der Waals surface area contributed by atoms with Gasteiger partial charge in [0.05, 0.1) is 6.33 Å². The molecule has 0 radical (unpaired) electrons. The van der Waals surface area contributed by atoms with Crippen molar-refractivity contribution >= 4 is 36.2 Å². The van der Waals surface area contributed by atoms with Gasteiger partial charge in [-0.1, -0.05) is 0 Å². The summed E-state index contributed by atoms with van der Waals surface area (Å²) in [4.78, 5) is 56.0. The summed E-state index contributed by atoms with van der Waals surface area (Å²) in [7, 11) is 0. The van der Waals surface area contributed by atoms with Gasteiger partial charge in [-0.05, 0) is 67.3 Å². The van der Waals surface area contributed by atoms with E-state index in [4.69, 9.17) is 15.2 Å². The van der Waals surface area contributed by atoms with Crippen LogP contribution in [0.2, 0.25) is 0 Å². The number of nitrogens with one attached hydrogen (secondary N) is 3. The van der Waals surface area contributed by atoms with Gasteiger partial charge < -0.3 is 30.8 Å². The van der Waals surface area contributed by atoms with Gasteiger partial charge in [0.1, 0.15) is 29.5 Å². The summed E-state index contributed by atoms with van der Waals surface area (Å²) in [5.74, 6) is -2.65. The molecule has 0 unspecified atom stereocenters. The molecule has 0 aliphatic rings. The molecular weight excluding hydrogens is 454 g/mol. The van der Waals surface area contributed by atoms with Crippen LogP contribution in [0.4, 0.5) is 0 Å². The molecule has 0 aliphatic carbocycles. The Morgan fingerprint density at radius 2 is 1.64 bits per heavy atom. The fourth-order valence-electron chi connectivity index (χ4n) is 2.60. The van der Waals surface area contributed by atoms with Gasteiger partial charge in [0.25, 0.3) is 11.8 Å². The van der Waals surface area contributed by atoms with Crippen LogP contribution in [-0.2, 0) is 19.1 Å². The topological polar surface area (TPSA) is 166 Å². The average Bonchev–Trinajstić information content (AvgIpc) is 3.12. The third kappa shape index (κ3) is 11.7. The number of carbonyl (C=O) groups is 4. The van der Waals surface area contributed by atoms with Crippen molar-refractivity contribution in [2.24, 2.45) is 5.73 Å². The molecule has 33 heavy (non-hydrogen) atoms. The van der Waals surface area contributed by atoms with E-state index in [1.165, 1.54) is 6.33 Å². The number of carbonyl (C=O) groups excluding carboxylic acids is 4. The highest BCUT2D eigenvalue weighted by atomic mass is 35.5. The van der Waals surface area contributed by atoms with Gasteiger partial charge in [-0.25, -0.2) is 9.78 Å². The predicted molar refractivity (Wildman–Crippen MR) is 124 cm³/mol. The largest absolute Gasteiger partial charge is 0.459 e. The minimum absolute atomic E-state index is 0. The minimum Gasteiger partial charge on any atom is -0.459 e. The van der Waals surface area contributed by atoms with Crippen molar-refractivity contribution in [3.8, 4) is 0 Å². The molecule has 0 fully saturated rings. The second-order valence-corrected chi connectivity index (χ2v) is 9.24. The Kier molecular flexibility index (Phi) is 12.1. The summed E-state index contributed by atoms with van der Waals surface area (Å²) in [6.07, 6.45) is 2.77. The van der Waals surface area contributed by atoms with Crippen LogP contribution >= 0.6 is 12.4 Å². The summed E-state index contributed by atoms with van der Waals surface area (Å²) in [6, 6.07) is -0.928. The summed E-state index contributed by atoms with van der Waals surface area (Å²) in [6.45, 7) is 10.4. The number of hydrogen-bond acceptors (Lipinski definition) is 8. The first-order chi connectivity index (χ1) is 14.7. The number of imidazole rings is 1. The third-order valence-corrected chi connectivity index (χ3v) is 3.84. The van der Waals surface area contributed by atoms with E-state index in [-0.39, 0.29) is 30.3 Å². The van der Waals surface area contributed by atoms with Gasteiger partial charge in [0, 0.05) is 0 Å². The van der Waals surface area contributed by atoms with Crippen LogP contribution in [0.25, 0.3) is 0 Å². The SMILES string of the molecule is CC(C)(C)OC(=O)CNC(=O)c1[nH]cnc1C(=O)N[C@@H](CCCCN)C(=O)OC(C)(C)C.Cl. The molecule has 2 amide bonds. The van der Waals surface area contributed by atoms with Crippen molar-refractivity contribution in [2.45, 2.75) is 78.0 Å². The molecule has 1 rings (SSSR count). The molecule has 0 saturated carbocycles. The van der Waals surface area contributed by atoms with E-state index in [0.29, 0.717) is 25.8 Å². The highest BCUT2D eigenvalue weighted by Gasteiger charge is 2.29. The fourth-order valence-corrected chi connectivity index (χ4v) is 2.60. The molecule has 5 N–H and O–H groups in total. The van der Waals surface area contributed by atoms with Gasteiger partial charge in [-0.2, -0.15) is 0 Å². The quantitative estimate of drug-likeness (QED) is 0.283. The normalized spacial score (nSPS) is 12.2. The van der Waals surface area contributed by atoms with E-state index in [0.717, 1.165) is 0 Å². The Morgan fingerprint density at radius 3 is 2.18 bits per heavy atom. The Labute approximate surface area is 200 Å². The number of nitrogens with two attached hydrogens (primary N) is 1. The number of unbranched alkanes of at least 4 members (excludes halogenated alkanes) is 1. The summed E-state index contributed by atoms with van der Waals surface area (Å²) >= 11 is 0. The van der Waals surface area contributed by atoms with Gasteiger partial charge in [-0.15, -0.1) is 12.4 Å². The van der Waals surface area contributed by atoms with Crippen molar-refractivity contribution in [3.63, 3.8) is 0 Å². The standard InChI is InChI=1S/C21H35N5O6.ClH/c1-20(2,3)31-14(27)11-23-17(28)15-16(25-12-24-15)18(29)26-13(9-7-8-10-22)19(30)32-21(4,5)6;/h12-13H,7-11,22H2,1-6H3,(H,23,28)(H,24,25)(H,26,29);1H/t13-;/m0./s1. The van der Waals surface area contributed by atoms with Crippen LogP contribution in [0.1, 0.15) is 81.8 Å². The highest BCUT2D eigenvalue weighted by Crippen LogP contribution is 2.13. The van der Waals surface area contributed by atoms with Crippen LogP contribution in [0, 0.1) is 0 Å². The first-order valence-corrected chi connectivity index (χ1v) is 10.5. The number of rotatable bonds is 10. The molecule has 1 aromatic rings. The van der Waals surface area contributed by atoms with Gasteiger partial charge in [0.15, 0.2) is 5.69 Å². The van der Waals surface area contributed by atoms with E-state index in [1.54, 1.807) is 41.5 Å². The molecule has 0 aliphatic heterocycles. The summed E-state index contributed by atoms with van der Waals surface area (Å²) < 4.78 is 10.5. The van der Waals surface area contributed by atoms with Gasteiger partial charge >= 0.3 is 11.9 Å². The van der Waals surface area contributed by atoms with E-state index in [9.17, 15) is 19.2 Å². The van der Waals surface area contributed by atoms with E-state index in [2.05, 4.69) is 20.6 Å². The summed E-state index contributed by atoms with van der Waals surface area (Å²) in [5.41, 5.74) is 3.74. The maximum absolute atomic E-state index is 12.8. The first kappa shape index (κ1) is 30.3.